The van der Waals surface area contributed by atoms with Gasteiger partial charge in [0, 0.05) is 26.2 Å². The fourth-order valence-corrected chi connectivity index (χ4v) is 3.79. The van der Waals surface area contributed by atoms with E-state index in [1.807, 2.05) is 0 Å². The number of piperazine rings is 1. The van der Waals surface area contributed by atoms with Crippen LogP contribution in [0, 0.1) is 5.82 Å². The van der Waals surface area contributed by atoms with Gasteiger partial charge >= 0.3 is 0 Å². The van der Waals surface area contributed by atoms with Gasteiger partial charge in [0.2, 0.25) is 10.0 Å². The molecule has 0 radical (unpaired) electrons. The van der Waals surface area contributed by atoms with Gasteiger partial charge in [0.15, 0.2) is 0 Å². The molecule has 0 bridgehead atoms. The van der Waals surface area contributed by atoms with Crippen LogP contribution in [-0.4, -0.2) is 50.3 Å². The van der Waals surface area contributed by atoms with Crippen LogP contribution in [0.1, 0.15) is 13.3 Å². The molecule has 2 rings (SSSR count). The summed E-state index contributed by atoms with van der Waals surface area (Å²) >= 11 is 0. The predicted octanol–water partition coefficient (Wildman–Crippen LogP) is 1.54. The summed E-state index contributed by atoms with van der Waals surface area (Å²) in [6.07, 6.45) is 1.06. The van der Waals surface area contributed by atoms with Gasteiger partial charge < -0.3 is 4.90 Å². The van der Waals surface area contributed by atoms with Crippen molar-refractivity contribution in [1.29, 1.82) is 0 Å². The largest absolute Gasteiger partial charge is 0.301 e. The van der Waals surface area contributed by atoms with Gasteiger partial charge in [-0.25, -0.2) is 12.8 Å². The Morgan fingerprint density at radius 2 is 1.79 bits per heavy atom. The Morgan fingerprint density at radius 3 is 2.37 bits per heavy atom. The Bertz CT molecular complexity index is 525. The Labute approximate surface area is 113 Å². The van der Waals surface area contributed by atoms with Crippen molar-refractivity contribution >= 4 is 10.0 Å². The Morgan fingerprint density at radius 1 is 1.16 bits per heavy atom. The Kier molecular flexibility index (Phi) is 4.54. The van der Waals surface area contributed by atoms with E-state index in [1.54, 1.807) is 6.07 Å². The lowest BCUT2D eigenvalue weighted by atomic mass is 10.3. The molecule has 1 fully saturated rings. The summed E-state index contributed by atoms with van der Waals surface area (Å²) in [6.45, 7) is 5.35. The second kappa shape index (κ2) is 5.98. The predicted molar refractivity (Wildman–Crippen MR) is 71.9 cm³/mol. The van der Waals surface area contributed by atoms with Gasteiger partial charge in [0.25, 0.3) is 0 Å². The van der Waals surface area contributed by atoms with Gasteiger partial charge in [0.05, 0.1) is 0 Å². The maximum atomic E-state index is 13.6. The van der Waals surface area contributed by atoms with Gasteiger partial charge in [-0.1, -0.05) is 19.1 Å². The first-order chi connectivity index (χ1) is 9.05. The molecule has 0 atom stereocenters. The Balaban J connectivity index is 2.12. The first-order valence-electron chi connectivity index (χ1n) is 6.52. The fourth-order valence-electron chi connectivity index (χ4n) is 2.30. The van der Waals surface area contributed by atoms with Crippen molar-refractivity contribution in [3.63, 3.8) is 0 Å². The molecule has 1 aliphatic heterocycles. The average Bonchev–Trinajstić information content (AvgIpc) is 2.40. The molecule has 106 valence electrons. The number of halogens is 1. The van der Waals surface area contributed by atoms with Gasteiger partial charge in [0.1, 0.15) is 10.7 Å². The lowest BCUT2D eigenvalue weighted by molar-refractivity contribution is 0.188. The molecule has 0 amide bonds. The molecule has 0 saturated carbocycles. The number of hydrogen-bond donors (Lipinski definition) is 0. The molecule has 1 heterocycles. The van der Waals surface area contributed by atoms with Crippen LogP contribution in [-0.2, 0) is 10.0 Å². The van der Waals surface area contributed by atoms with E-state index in [0.29, 0.717) is 26.2 Å². The van der Waals surface area contributed by atoms with Crippen molar-refractivity contribution in [3.05, 3.63) is 30.1 Å². The minimum absolute atomic E-state index is 0.223. The SMILES string of the molecule is CCCN1CCN(S(=O)(=O)c2ccccc2F)CC1. The fraction of sp³-hybridized carbons (Fsp3) is 0.538. The average molecular weight is 286 g/mol. The second-order valence-electron chi connectivity index (χ2n) is 4.68. The summed E-state index contributed by atoms with van der Waals surface area (Å²) in [6, 6.07) is 5.54. The molecule has 6 heteroatoms. The molecule has 1 aromatic rings. The van der Waals surface area contributed by atoms with E-state index >= 15 is 0 Å². The normalized spacial score (nSPS) is 18.6. The molecule has 0 spiro atoms. The zero-order chi connectivity index (χ0) is 13.9. The second-order valence-corrected chi connectivity index (χ2v) is 6.58. The monoisotopic (exact) mass is 286 g/mol. The van der Waals surface area contributed by atoms with Crippen LogP contribution in [0.25, 0.3) is 0 Å². The first kappa shape index (κ1) is 14.4. The van der Waals surface area contributed by atoms with Crippen LogP contribution >= 0.6 is 0 Å². The van der Waals surface area contributed by atoms with Crippen molar-refractivity contribution < 1.29 is 12.8 Å². The van der Waals surface area contributed by atoms with Crippen LogP contribution in [0.5, 0.6) is 0 Å². The lowest BCUT2D eigenvalue weighted by Gasteiger charge is -2.33. The molecular formula is C13H19FN2O2S. The smallest absolute Gasteiger partial charge is 0.246 e. The Hall–Kier alpha value is -0.980. The maximum Gasteiger partial charge on any atom is 0.246 e. The highest BCUT2D eigenvalue weighted by Gasteiger charge is 2.29. The summed E-state index contributed by atoms with van der Waals surface area (Å²) in [5.74, 6) is -0.682. The van der Waals surface area contributed by atoms with Crippen molar-refractivity contribution in [1.82, 2.24) is 9.21 Å². The summed E-state index contributed by atoms with van der Waals surface area (Å²) in [7, 11) is -3.70. The number of rotatable bonds is 4. The number of sulfonamides is 1. The van der Waals surface area contributed by atoms with Crippen LogP contribution < -0.4 is 0 Å². The lowest BCUT2D eigenvalue weighted by Crippen LogP contribution is -2.48. The highest BCUT2D eigenvalue weighted by Crippen LogP contribution is 2.20. The molecule has 1 aliphatic rings. The molecule has 0 N–H and O–H groups in total. The van der Waals surface area contributed by atoms with E-state index in [4.69, 9.17) is 0 Å². The molecule has 0 aromatic heterocycles. The quantitative estimate of drug-likeness (QED) is 0.843. The van der Waals surface area contributed by atoms with Crippen molar-refractivity contribution in [3.8, 4) is 0 Å². The summed E-state index contributed by atoms with van der Waals surface area (Å²) in [4.78, 5) is 2.01. The number of benzene rings is 1. The third kappa shape index (κ3) is 3.13. The molecule has 19 heavy (non-hydrogen) atoms. The third-order valence-corrected chi connectivity index (χ3v) is 5.26. The van der Waals surface area contributed by atoms with Crippen LogP contribution in [0.4, 0.5) is 4.39 Å². The summed E-state index contributed by atoms with van der Waals surface area (Å²) < 4.78 is 39.7. The number of nitrogens with zero attached hydrogens (tertiary/aromatic N) is 2. The molecule has 0 aliphatic carbocycles. The molecular weight excluding hydrogens is 267 g/mol. The minimum Gasteiger partial charge on any atom is -0.301 e. The van der Waals surface area contributed by atoms with E-state index < -0.39 is 15.8 Å². The standard InChI is InChI=1S/C13H19FN2O2S/c1-2-7-15-8-10-16(11-9-15)19(17,18)13-6-4-3-5-12(13)14/h3-6H,2,7-11H2,1H3. The van der Waals surface area contributed by atoms with Crippen molar-refractivity contribution in [2.75, 3.05) is 32.7 Å². The van der Waals surface area contributed by atoms with E-state index in [2.05, 4.69) is 11.8 Å². The third-order valence-electron chi connectivity index (χ3n) is 3.33. The highest BCUT2D eigenvalue weighted by atomic mass is 32.2. The molecule has 0 unspecified atom stereocenters. The minimum atomic E-state index is -3.70. The van der Waals surface area contributed by atoms with Gasteiger partial charge in [-0.2, -0.15) is 4.31 Å². The van der Waals surface area contributed by atoms with Gasteiger partial charge in [-0.3, -0.25) is 0 Å². The summed E-state index contributed by atoms with van der Waals surface area (Å²) in [5, 5.41) is 0. The van der Waals surface area contributed by atoms with E-state index in [1.165, 1.54) is 22.5 Å². The number of hydrogen-bond acceptors (Lipinski definition) is 3. The topological polar surface area (TPSA) is 40.6 Å². The maximum absolute atomic E-state index is 13.6. The molecule has 4 nitrogen and oxygen atoms in total. The van der Waals surface area contributed by atoms with Gasteiger partial charge in [-0.15, -0.1) is 0 Å². The molecule has 1 aromatic carbocycles. The van der Waals surface area contributed by atoms with Crippen LogP contribution in [0.15, 0.2) is 29.2 Å². The zero-order valence-electron chi connectivity index (χ0n) is 11.0. The highest BCUT2D eigenvalue weighted by molar-refractivity contribution is 7.89. The summed E-state index contributed by atoms with van der Waals surface area (Å²) in [5.41, 5.74) is 0. The van der Waals surface area contributed by atoms with Crippen LogP contribution in [0.3, 0.4) is 0 Å². The van der Waals surface area contributed by atoms with E-state index in [9.17, 15) is 12.8 Å². The van der Waals surface area contributed by atoms with E-state index in [-0.39, 0.29) is 4.90 Å². The van der Waals surface area contributed by atoms with Crippen molar-refractivity contribution in [2.45, 2.75) is 18.2 Å². The van der Waals surface area contributed by atoms with Crippen molar-refractivity contribution in [2.24, 2.45) is 0 Å². The zero-order valence-corrected chi connectivity index (χ0v) is 11.9. The van der Waals surface area contributed by atoms with E-state index in [0.717, 1.165) is 13.0 Å². The van der Waals surface area contributed by atoms with Gasteiger partial charge in [-0.05, 0) is 25.1 Å². The first-order valence-corrected chi connectivity index (χ1v) is 7.96. The molecule has 1 saturated heterocycles. The van der Waals surface area contributed by atoms with Crippen LogP contribution in [0.2, 0.25) is 0 Å².